The van der Waals surface area contributed by atoms with Crippen LogP contribution in [0.1, 0.15) is 41.4 Å². The molecule has 0 aliphatic heterocycles. The summed E-state index contributed by atoms with van der Waals surface area (Å²) >= 11 is 0. The fourth-order valence-electron chi connectivity index (χ4n) is 3.71. The zero-order valence-corrected chi connectivity index (χ0v) is 21.0. The quantitative estimate of drug-likeness (QED) is 0.282. The van der Waals surface area contributed by atoms with Gasteiger partial charge in [0.15, 0.2) is 0 Å². The van der Waals surface area contributed by atoms with Crippen LogP contribution in [0.25, 0.3) is 11.1 Å². The molecular formula is C28H34ClNO5. The van der Waals surface area contributed by atoms with Crippen molar-refractivity contribution in [3.8, 4) is 16.9 Å². The van der Waals surface area contributed by atoms with E-state index in [1.54, 1.807) is 18.2 Å². The molecule has 35 heavy (non-hydrogen) atoms. The molecular weight excluding hydrogens is 466 g/mol. The number of carbonyl (C=O) groups is 1. The molecule has 0 spiro atoms. The van der Waals surface area contributed by atoms with E-state index in [4.69, 9.17) is 9.47 Å². The van der Waals surface area contributed by atoms with Gasteiger partial charge in [-0.05, 0) is 61.2 Å². The molecule has 2 atom stereocenters. The summed E-state index contributed by atoms with van der Waals surface area (Å²) in [5, 5.41) is 23.3. The maximum absolute atomic E-state index is 11.5. The molecule has 0 radical (unpaired) electrons. The summed E-state index contributed by atoms with van der Waals surface area (Å²) < 4.78 is 11.0. The van der Waals surface area contributed by atoms with E-state index >= 15 is 0 Å². The van der Waals surface area contributed by atoms with Crippen LogP contribution in [0.4, 0.5) is 0 Å². The molecule has 0 fully saturated rings. The van der Waals surface area contributed by atoms with Crippen molar-refractivity contribution in [2.45, 2.75) is 32.4 Å². The number of nitrogens with one attached hydrogen (secondary N) is 1. The van der Waals surface area contributed by atoms with Crippen molar-refractivity contribution in [3.63, 3.8) is 0 Å². The van der Waals surface area contributed by atoms with Crippen molar-refractivity contribution < 1.29 is 24.5 Å². The zero-order valence-electron chi connectivity index (χ0n) is 20.1. The van der Waals surface area contributed by atoms with Gasteiger partial charge < -0.3 is 25.0 Å². The first kappa shape index (κ1) is 28.3. The Kier molecular flexibility index (Phi) is 11.7. The van der Waals surface area contributed by atoms with Gasteiger partial charge in [0.05, 0.1) is 12.7 Å². The third kappa shape index (κ3) is 8.37. The number of rotatable bonds is 13. The van der Waals surface area contributed by atoms with Crippen molar-refractivity contribution in [2.75, 3.05) is 26.4 Å². The van der Waals surface area contributed by atoms with Crippen LogP contribution in [-0.2, 0) is 11.2 Å². The summed E-state index contributed by atoms with van der Waals surface area (Å²) in [4.78, 5) is 11.5. The van der Waals surface area contributed by atoms with E-state index in [9.17, 15) is 15.0 Å². The molecule has 6 nitrogen and oxygen atoms in total. The molecule has 0 saturated carbocycles. The molecule has 0 aliphatic carbocycles. The monoisotopic (exact) mass is 499 g/mol. The fraction of sp³-hybridized carbons (Fsp3) is 0.321. The van der Waals surface area contributed by atoms with Gasteiger partial charge >= 0.3 is 5.97 Å². The molecule has 3 aromatic carbocycles. The van der Waals surface area contributed by atoms with Crippen LogP contribution in [-0.4, -0.2) is 48.6 Å². The van der Waals surface area contributed by atoms with E-state index in [0.717, 1.165) is 29.7 Å². The number of carboxylic acids is 1. The Balaban J connectivity index is 0.00000432. The second kappa shape index (κ2) is 14.5. The zero-order chi connectivity index (χ0) is 24.3. The summed E-state index contributed by atoms with van der Waals surface area (Å²) in [5.74, 6) is -0.684. The number of hydrogen-bond acceptors (Lipinski definition) is 5. The lowest BCUT2D eigenvalue weighted by molar-refractivity contribution is 0.0687. The van der Waals surface area contributed by atoms with E-state index < -0.39 is 12.1 Å². The highest BCUT2D eigenvalue weighted by Gasteiger charge is 2.15. The lowest BCUT2D eigenvalue weighted by atomic mass is 10.0. The van der Waals surface area contributed by atoms with Gasteiger partial charge in [0.1, 0.15) is 17.9 Å². The van der Waals surface area contributed by atoms with Crippen molar-refractivity contribution in [1.82, 2.24) is 5.32 Å². The second-order valence-corrected chi connectivity index (χ2v) is 8.11. The number of aliphatic hydroxyl groups excluding tert-OH is 1. The van der Waals surface area contributed by atoms with Crippen LogP contribution in [0, 0.1) is 0 Å². The molecule has 7 heteroatoms. The van der Waals surface area contributed by atoms with Gasteiger partial charge in [-0.25, -0.2) is 4.79 Å². The summed E-state index contributed by atoms with van der Waals surface area (Å²) in [5.41, 5.74) is 4.08. The van der Waals surface area contributed by atoms with Crippen molar-refractivity contribution in [2.24, 2.45) is 0 Å². The minimum atomic E-state index is -1.02. The van der Waals surface area contributed by atoms with Crippen LogP contribution in [0.3, 0.4) is 0 Å². The third-order valence-corrected chi connectivity index (χ3v) is 5.68. The Hall–Kier alpha value is -2.90. The van der Waals surface area contributed by atoms with E-state index in [1.165, 1.54) is 5.56 Å². The molecule has 0 unspecified atom stereocenters. The molecule has 3 rings (SSSR count). The minimum absolute atomic E-state index is 0. The average molecular weight is 500 g/mol. The SMILES string of the molecule is CCOCCOc1cc(-c2ccc(CCN[C@@H](C)[C@H](O)c3ccccc3)cc2)ccc1C(=O)O.Cl. The highest BCUT2D eigenvalue weighted by Crippen LogP contribution is 2.28. The summed E-state index contributed by atoms with van der Waals surface area (Å²) in [6.07, 6.45) is 0.276. The average Bonchev–Trinajstić information content (AvgIpc) is 2.87. The largest absolute Gasteiger partial charge is 0.490 e. The summed E-state index contributed by atoms with van der Waals surface area (Å²) in [6, 6.07) is 22.9. The second-order valence-electron chi connectivity index (χ2n) is 8.11. The number of benzene rings is 3. The smallest absolute Gasteiger partial charge is 0.339 e. The molecule has 0 saturated heterocycles. The van der Waals surface area contributed by atoms with E-state index in [0.29, 0.717) is 25.6 Å². The van der Waals surface area contributed by atoms with Crippen LogP contribution < -0.4 is 10.1 Å². The van der Waals surface area contributed by atoms with Gasteiger partial charge in [-0.2, -0.15) is 0 Å². The number of aromatic carboxylic acids is 1. The third-order valence-electron chi connectivity index (χ3n) is 5.68. The Morgan fingerprint density at radius 2 is 1.66 bits per heavy atom. The van der Waals surface area contributed by atoms with Crippen molar-refractivity contribution in [1.29, 1.82) is 0 Å². The molecule has 3 N–H and O–H groups in total. The maximum atomic E-state index is 11.5. The van der Waals surface area contributed by atoms with Gasteiger partial charge in [0.25, 0.3) is 0 Å². The fourth-order valence-corrected chi connectivity index (χ4v) is 3.71. The first-order chi connectivity index (χ1) is 16.5. The number of aliphatic hydroxyl groups is 1. The van der Waals surface area contributed by atoms with E-state index in [1.807, 2.05) is 56.3 Å². The molecule has 0 amide bonds. The lowest BCUT2D eigenvalue weighted by Crippen LogP contribution is -2.33. The number of hydrogen-bond donors (Lipinski definition) is 3. The molecule has 3 aromatic rings. The van der Waals surface area contributed by atoms with Gasteiger partial charge in [0, 0.05) is 12.6 Å². The van der Waals surface area contributed by atoms with Gasteiger partial charge in [-0.15, -0.1) is 12.4 Å². The van der Waals surface area contributed by atoms with Crippen LogP contribution in [0.2, 0.25) is 0 Å². The summed E-state index contributed by atoms with van der Waals surface area (Å²) in [7, 11) is 0. The van der Waals surface area contributed by atoms with Crippen molar-refractivity contribution in [3.05, 3.63) is 89.5 Å². The number of halogens is 1. The first-order valence-electron chi connectivity index (χ1n) is 11.6. The van der Waals surface area contributed by atoms with Gasteiger partial charge in [-0.3, -0.25) is 0 Å². The van der Waals surface area contributed by atoms with Gasteiger partial charge in [-0.1, -0.05) is 60.7 Å². The molecule has 0 aromatic heterocycles. The van der Waals surface area contributed by atoms with Gasteiger partial charge in [0.2, 0.25) is 0 Å². The van der Waals surface area contributed by atoms with Crippen LogP contribution in [0.5, 0.6) is 5.75 Å². The lowest BCUT2D eigenvalue weighted by Gasteiger charge is -2.20. The Morgan fingerprint density at radius 1 is 0.971 bits per heavy atom. The van der Waals surface area contributed by atoms with Crippen molar-refractivity contribution >= 4 is 18.4 Å². The molecule has 188 valence electrons. The predicted octanol–water partition coefficient (Wildman–Crippen LogP) is 5.14. The van der Waals surface area contributed by atoms with E-state index in [2.05, 4.69) is 17.4 Å². The maximum Gasteiger partial charge on any atom is 0.339 e. The Morgan fingerprint density at radius 3 is 2.31 bits per heavy atom. The van der Waals surface area contributed by atoms with E-state index in [-0.39, 0.29) is 24.0 Å². The molecule has 0 aliphatic rings. The predicted molar refractivity (Wildman–Crippen MR) is 141 cm³/mol. The molecule has 0 bridgehead atoms. The van der Waals surface area contributed by atoms with Crippen LogP contribution >= 0.6 is 12.4 Å². The number of carboxylic acid groups (broad SMARTS) is 1. The Labute approximate surface area is 213 Å². The first-order valence-corrected chi connectivity index (χ1v) is 11.6. The minimum Gasteiger partial charge on any atom is -0.490 e. The Bertz CT molecular complexity index is 1040. The molecule has 0 heterocycles. The highest BCUT2D eigenvalue weighted by atomic mass is 35.5. The normalized spacial score (nSPS) is 12.4. The summed E-state index contributed by atoms with van der Waals surface area (Å²) in [6.45, 7) is 5.91. The standard InChI is InChI=1S/C28H33NO5.ClH/c1-3-33-17-18-34-26-19-24(13-14-25(26)28(31)32)22-11-9-21(10-12-22)15-16-29-20(2)27(30)23-7-5-4-6-8-23;/h4-14,19-20,27,29-30H,3,15-18H2,1-2H3,(H,31,32);1H/t20-,27-;/m0./s1. The highest BCUT2D eigenvalue weighted by molar-refractivity contribution is 5.92. The van der Waals surface area contributed by atoms with Crippen LogP contribution in [0.15, 0.2) is 72.8 Å². The topological polar surface area (TPSA) is 88.0 Å². The number of ether oxygens (including phenoxy) is 2.